The molecule has 11 heteroatoms. The third kappa shape index (κ3) is 6.34. The number of carbonyl (C=O) groups excluding carboxylic acids is 1. The van der Waals surface area contributed by atoms with Gasteiger partial charge in [0.2, 0.25) is 0 Å². The molecular formula is C29H23Cl2N5O3S. The second-order valence-corrected chi connectivity index (χ2v) is 10.1. The van der Waals surface area contributed by atoms with E-state index < -0.39 is 0 Å². The number of fused-ring (bicyclic) bond motifs is 1. The SMILES string of the molecule is COc1cc(Nc2nc3ccccc3nc2NSc2cccc(NC(=O)c3cccc(Cl)c3Cl)c2)cc(OC)c1. The van der Waals surface area contributed by atoms with Crippen molar-refractivity contribution >= 4 is 75.1 Å². The molecule has 0 fully saturated rings. The van der Waals surface area contributed by atoms with Gasteiger partial charge in [-0.05, 0) is 54.4 Å². The van der Waals surface area contributed by atoms with Gasteiger partial charge in [0.15, 0.2) is 11.6 Å². The standard InChI is InChI=1S/C29H23Cl2N5O3S/c1-38-19-13-18(14-20(16-19)39-2)32-27-28(35-25-12-4-3-11-24(25)34-27)36-40-21-8-5-7-17(15-21)33-29(37)22-9-6-10-23(30)26(22)31/h3-16H,1-2H3,(H,32,34)(H,33,37)(H,35,36). The highest BCUT2D eigenvalue weighted by atomic mass is 35.5. The van der Waals surface area contributed by atoms with Crippen molar-refractivity contribution < 1.29 is 14.3 Å². The third-order valence-corrected chi connectivity index (χ3v) is 7.34. The summed E-state index contributed by atoms with van der Waals surface area (Å²) in [4.78, 5) is 23.2. The number of ether oxygens (including phenoxy) is 2. The van der Waals surface area contributed by atoms with Gasteiger partial charge in [-0.15, -0.1) is 0 Å². The van der Waals surface area contributed by atoms with E-state index in [9.17, 15) is 4.79 Å². The summed E-state index contributed by atoms with van der Waals surface area (Å²) >= 11 is 13.6. The van der Waals surface area contributed by atoms with Crippen LogP contribution in [0.5, 0.6) is 11.5 Å². The maximum Gasteiger partial charge on any atom is 0.257 e. The fourth-order valence-electron chi connectivity index (χ4n) is 3.80. The Morgan fingerprint density at radius 1 is 0.775 bits per heavy atom. The van der Waals surface area contributed by atoms with Crippen LogP contribution in [0.3, 0.4) is 0 Å². The fraction of sp³-hybridized carbons (Fsp3) is 0.0690. The van der Waals surface area contributed by atoms with Crippen molar-refractivity contribution in [3.05, 3.63) is 101 Å². The van der Waals surface area contributed by atoms with Gasteiger partial charge in [0.1, 0.15) is 11.5 Å². The van der Waals surface area contributed by atoms with E-state index in [0.29, 0.717) is 39.4 Å². The van der Waals surface area contributed by atoms with E-state index in [0.717, 1.165) is 21.6 Å². The number of anilines is 4. The fourth-order valence-corrected chi connectivity index (χ4v) is 4.87. The molecule has 3 N–H and O–H groups in total. The lowest BCUT2D eigenvalue weighted by molar-refractivity contribution is 0.102. The van der Waals surface area contributed by atoms with Crippen LogP contribution in [-0.2, 0) is 0 Å². The average Bonchev–Trinajstić information content (AvgIpc) is 2.97. The van der Waals surface area contributed by atoms with Crippen LogP contribution >= 0.6 is 35.1 Å². The minimum absolute atomic E-state index is 0.206. The van der Waals surface area contributed by atoms with Crippen LogP contribution in [0.2, 0.25) is 10.0 Å². The van der Waals surface area contributed by atoms with Crippen molar-refractivity contribution in [2.24, 2.45) is 0 Å². The molecule has 8 nitrogen and oxygen atoms in total. The first-order chi connectivity index (χ1) is 19.4. The zero-order valence-electron chi connectivity index (χ0n) is 21.4. The van der Waals surface area contributed by atoms with Gasteiger partial charge in [0, 0.05) is 34.5 Å². The van der Waals surface area contributed by atoms with Gasteiger partial charge in [-0.3, -0.25) is 4.79 Å². The number of rotatable bonds is 9. The Morgan fingerprint density at radius 2 is 1.45 bits per heavy atom. The number of halogens is 2. The third-order valence-electron chi connectivity index (χ3n) is 5.74. The monoisotopic (exact) mass is 591 g/mol. The summed E-state index contributed by atoms with van der Waals surface area (Å²) in [5.41, 5.74) is 3.08. The van der Waals surface area contributed by atoms with E-state index in [1.165, 1.54) is 11.9 Å². The Balaban J connectivity index is 1.38. The molecular weight excluding hydrogens is 569 g/mol. The second-order valence-electron chi connectivity index (χ2n) is 8.42. The van der Waals surface area contributed by atoms with Crippen molar-refractivity contribution in [3.8, 4) is 11.5 Å². The zero-order valence-corrected chi connectivity index (χ0v) is 23.7. The van der Waals surface area contributed by atoms with Crippen molar-refractivity contribution in [1.82, 2.24) is 9.97 Å². The highest BCUT2D eigenvalue weighted by Gasteiger charge is 2.14. The summed E-state index contributed by atoms with van der Waals surface area (Å²) < 4.78 is 14.1. The van der Waals surface area contributed by atoms with E-state index in [4.69, 9.17) is 42.6 Å². The first-order valence-corrected chi connectivity index (χ1v) is 13.6. The number of hydrogen-bond donors (Lipinski definition) is 3. The summed E-state index contributed by atoms with van der Waals surface area (Å²) in [7, 11) is 3.19. The van der Waals surface area contributed by atoms with Crippen LogP contribution in [0, 0.1) is 0 Å². The van der Waals surface area contributed by atoms with E-state index in [1.807, 2.05) is 54.6 Å². The average molecular weight is 593 g/mol. The molecule has 1 amide bonds. The van der Waals surface area contributed by atoms with Crippen LogP contribution in [0.15, 0.2) is 89.8 Å². The Kier molecular flexibility index (Phi) is 8.45. The molecule has 4 aromatic carbocycles. The molecule has 202 valence electrons. The van der Waals surface area contributed by atoms with Gasteiger partial charge in [0.25, 0.3) is 5.91 Å². The largest absolute Gasteiger partial charge is 0.497 e. The topological polar surface area (TPSA) is 97.4 Å². The van der Waals surface area contributed by atoms with Gasteiger partial charge in [-0.2, -0.15) is 0 Å². The van der Waals surface area contributed by atoms with E-state index in [1.54, 1.807) is 44.6 Å². The predicted molar refractivity (Wildman–Crippen MR) is 163 cm³/mol. The predicted octanol–water partition coefficient (Wildman–Crippen LogP) is 8.07. The van der Waals surface area contributed by atoms with Gasteiger partial charge in [-0.1, -0.05) is 47.5 Å². The van der Waals surface area contributed by atoms with Crippen LogP contribution in [0.1, 0.15) is 10.4 Å². The van der Waals surface area contributed by atoms with Crippen LogP contribution in [-0.4, -0.2) is 30.1 Å². The highest BCUT2D eigenvalue weighted by Crippen LogP contribution is 2.33. The quantitative estimate of drug-likeness (QED) is 0.148. The number of amides is 1. The smallest absolute Gasteiger partial charge is 0.257 e. The van der Waals surface area contributed by atoms with E-state index in [2.05, 4.69) is 15.4 Å². The normalized spacial score (nSPS) is 10.7. The molecule has 0 bridgehead atoms. The number of aromatic nitrogens is 2. The molecule has 0 aliphatic carbocycles. The number of hydrogen-bond acceptors (Lipinski definition) is 8. The molecule has 5 rings (SSSR count). The number of nitrogens with one attached hydrogen (secondary N) is 3. The van der Waals surface area contributed by atoms with Gasteiger partial charge in [0.05, 0.1) is 40.9 Å². The summed E-state index contributed by atoms with van der Waals surface area (Å²) in [5, 5.41) is 6.72. The summed E-state index contributed by atoms with van der Waals surface area (Å²) in [6.07, 6.45) is 0. The summed E-state index contributed by atoms with van der Waals surface area (Å²) in [5.74, 6) is 1.95. The number of nitrogens with zero attached hydrogens (tertiary/aromatic N) is 2. The molecule has 0 aliphatic heterocycles. The summed E-state index contributed by atoms with van der Waals surface area (Å²) in [6.45, 7) is 0. The molecule has 1 heterocycles. The van der Waals surface area contributed by atoms with Crippen molar-refractivity contribution in [2.75, 3.05) is 29.6 Å². The van der Waals surface area contributed by atoms with E-state index in [-0.39, 0.29) is 10.9 Å². The maximum atomic E-state index is 12.8. The number of carbonyl (C=O) groups is 1. The van der Waals surface area contributed by atoms with Crippen molar-refractivity contribution in [2.45, 2.75) is 4.90 Å². The molecule has 40 heavy (non-hydrogen) atoms. The Labute approximate surface area is 245 Å². The van der Waals surface area contributed by atoms with Gasteiger partial charge < -0.3 is 24.8 Å². The van der Waals surface area contributed by atoms with Crippen molar-refractivity contribution in [3.63, 3.8) is 0 Å². The molecule has 1 aromatic heterocycles. The Hall–Kier alpha value is -4.18. The molecule has 0 saturated heterocycles. The lowest BCUT2D eigenvalue weighted by Gasteiger charge is -2.15. The van der Waals surface area contributed by atoms with Crippen LogP contribution in [0.25, 0.3) is 11.0 Å². The molecule has 0 unspecified atom stereocenters. The minimum atomic E-state index is -0.358. The molecule has 0 spiro atoms. The molecule has 5 aromatic rings. The van der Waals surface area contributed by atoms with Crippen LogP contribution in [0.4, 0.5) is 23.0 Å². The second kappa shape index (κ2) is 12.3. The van der Waals surface area contributed by atoms with E-state index >= 15 is 0 Å². The Morgan fingerprint density at radius 3 is 2.15 bits per heavy atom. The molecule has 0 atom stereocenters. The lowest BCUT2D eigenvalue weighted by atomic mass is 10.2. The molecule has 0 saturated carbocycles. The highest BCUT2D eigenvalue weighted by molar-refractivity contribution is 8.00. The molecule has 0 aliphatic rings. The minimum Gasteiger partial charge on any atom is -0.497 e. The van der Waals surface area contributed by atoms with Gasteiger partial charge >= 0.3 is 0 Å². The first kappa shape index (κ1) is 27.4. The number of methoxy groups -OCH3 is 2. The summed E-state index contributed by atoms with van der Waals surface area (Å²) in [6, 6.07) is 25.4. The lowest BCUT2D eigenvalue weighted by Crippen LogP contribution is -2.12. The first-order valence-electron chi connectivity index (χ1n) is 12.0. The number of benzene rings is 4. The maximum absolute atomic E-state index is 12.8. The van der Waals surface area contributed by atoms with Crippen molar-refractivity contribution in [1.29, 1.82) is 0 Å². The van der Waals surface area contributed by atoms with Gasteiger partial charge in [-0.25, -0.2) is 9.97 Å². The number of para-hydroxylation sites is 2. The van der Waals surface area contributed by atoms with Crippen LogP contribution < -0.4 is 24.8 Å². The molecule has 0 radical (unpaired) electrons. The zero-order chi connectivity index (χ0) is 28.1. The Bertz CT molecular complexity index is 1680.